The minimum Gasteiger partial charge on any atom is -0.497 e. The molecule has 154 valence electrons. The number of aryl methyl sites for hydroxylation is 2. The van der Waals surface area contributed by atoms with Crippen LogP contribution >= 0.6 is 0 Å². The molecule has 3 aromatic heterocycles. The largest absolute Gasteiger partial charge is 0.497 e. The number of benzene rings is 1. The zero-order chi connectivity index (χ0) is 21.3. The van der Waals surface area contributed by atoms with Gasteiger partial charge in [0.05, 0.1) is 14.2 Å². The summed E-state index contributed by atoms with van der Waals surface area (Å²) in [6.45, 7) is 1.99. The number of imidazole rings is 2. The Labute approximate surface area is 174 Å². The van der Waals surface area contributed by atoms with Crippen LogP contribution in [0.5, 0.6) is 11.5 Å². The van der Waals surface area contributed by atoms with Gasteiger partial charge in [0, 0.05) is 37.9 Å². The SMILES string of the molecule is COc1cc(OC)cc(C(NC(=O)c2cn3ccc(C)cc3n2)c2nccn2C)c1. The van der Waals surface area contributed by atoms with Crippen LogP contribution in [0.2, 0.25) is 0 Å². The zero-order valence-electron chi connectivity index (χ0n) is 17.3. The molecule has 4 rings (SSSR count). The van der Waals surface area contributed by atoms with E-state index in [1.54, 1.807) is 32.7 Å². The first-order chi connectivity index (χ1) is 14.5. The van der Waals surface area contributed by atoms with Gasteiger partial charge in [-0.15, -0.1) is 0 Å². The van der Waals surface area contributed by atoms with Gasteiger partial charge in [-0.3, -0.25) is 4.79 Å². The normalized spacial score (nSPS) is 12.0. The second-order valence-corrected chi connectivity index (χ2v) is 7.04. The molecule has 0 aliphatic carbocycles. The zero-order valence-corrected chi connectivity index (χ0v) is 17.3. The highest BCUT2D eigenvalue weighted by Gasteiger charge is 2.24. The van der Waals surface area contributed by atoms with Crippen molar-refractivity contribution in [1.29, 1.82) is 0 Å². The third kappa shape index (κ3) is 3.71. The maximum absolute atomic E-state index is 13.1. The molecule has 0 aliphatic heterocycles. The van der Waals surface area contributed by atoms with Gasteiger partial charge >= 0.3 is 0 Å². The van der Waals surface area contributed by atoms with Crippen molar-refractivity contribution in [3.05, 3.63) is 77.8 Å². The van der Waals surface area contributed by atoms with E-state index >= 15 is 0 Å². The average molecular weight is 405 g/mol. The standard InChI is InChI=1S/C22H23N5O3/c1-14-5-7-27-13-18(24-19(27)9-14)22(28)25-20(21-23-6-8-26(21)2)15-10-16(29-3)12-17(11-15)30-4/h5-13,20H,1-4H3,(H,25,28). The maximum atomic E-state index is 13.1. The fourth-order valence-electron chi connectivity index (χ4n) is 3.35. The molecule has 0 saturated carbocycles. The van der Waals surface area contributed by atoms with Crippen molar-refractivity contribution in [2.75, 3.05) is 14.2 Å². The fraction of sp³-hybridized carbons (Fsp3) is 0.227. The van der Waals surface area contributed by atoms with Crippen molar-refractivity contribution in [2.24, 2.45) is 7.05 Å². The van der Waals surface area contributed by atoms with Crippen LogP contribution in [0, 0.1) is 6.92 Å². The number of nitrogens with zero attached hydrogens (tertiary/aromatic N) is 4. The number of hydrogen-bond acceptors (Lipinski definition) is 5. The summed E-state index contributed by atoms with van der Waals surface area (Å²) >= 11 is 0. The van der Waals surface area contributed by atoms with Crippen LogP contribution in [-0.4, -0.2) is 39.1 Å². The lowest BCUT2D eigenvalue weighted by Gasteiger charge is -2.20. The topological polar surface area (TPSA) is 82.7 Å². The Morgan fingerprint density at radius 3 is 2.47 bits per heavy atom. The molecule has 8 heteroatoms. The Kier molecular flexibility index (Phi) is 5.14. The molecule has 1 unspecified atom stereocenters. The Morgan fingerprint density at radius 2 is 1.83 bits per heavy atom. The van der Waals surface area contributed by atoms with Crippen LogP contribution in [0.4, 0.5) is 0 Å². The van der Waals surface area contributed by atoms with Gasteiger partial charge in [0.2, 0.25) is 0 Å². The predicted molar refractivity (Wildman–Crippen MR) is 112 cm³/mol. The molecular formula is C22H23N5O3. The molecule has 0 aliphatic rings. The summed E-state index contributed by atoms with van der Waals surface area (Å²) in [6, 6.07) is 8.87. The molecule has 0 bridgehead atoms. The van der Waals surface area contributed by atoms with Crippen molar-refractivity contribution in [3.8, 4) is 11.5 Å². The average Bonchev–Trinajstić information content (AvgIpc) is 3.37. The number of pyridine rings is 1. The number of ether oxygens (including phenoxy) is 2. The fourth-order valence-corrected chi connectivity index (χ4v) is 3.35. The number of hydrogen-bond donors (Lipinski definition) is 1. The summed E-state index contributed by atoms with van der Waals surface area (Å²) in [5.74, 6) is 1.63. The Hall–Kier alpha value is -3.81. The number of carbonyl (C=O) groups excluding carboxylic acids is 1. The number of methoxy groups -OCH3 is 2. The van der Waals surface area contributed by atoms with E-state index in [-0.39, 0.29) is 5.91 Å². The molecule has 1 atom stereocenters. The van der Waals surface area contributed by atoms with Gasteiger partial charge in [-0.25, -0.2) is 9.97 Å². The molecule has 3 heterocycles. The van der Waals surface area contributed by atoms with E-state index in [2.05, 4.69) is 15.3 Å². The highest BCUT2D eigenvalue weighted by atomic mass is 16.5. The van der Waals surface area contributed by atoms with Crippen LogP contribution in [0.1, 0.15) is 33.5 Å². The molecule has 1 N–H and O–H groups in total. The number of aromatic nitrogens is 4. The van der Waals surface area contributed by atoms with Crippen molar-refractivity contribution >= 4 is 11.6 Å². The first-order valence-electron chi connectivity index (χ1n) is 9.45. The molecule has 0 saturated heterocycles. The van der Waals surface area contributed by atoms with Crippen LogP contribution < -0.4 is 14.8 Å². The van der Waals surface area contributed by atoms with Gasteiger partial charge in [0.25, 0.3) is 5.91 Å². The smallest absolute Gasteiger partial charge is 0.272 e. The van der Waals surface area contributed by atoms with Crippen molar-refractivity contribution in [2.45, 2.75) is 13.0 Å². The van der Waals surface area contributed by atoms with Gasteiger partial charge in [0.15, 0.2) is 0 Å². The summed E-state index contributed by atoms with van der Waals surface area (Å²) in [5.41, 5.74) is 2.91. The summed E-state index contributed by atoms with van der Waals surface area (Å²) in [5, 5.41) is 3.06. The number of nitrogens with one attached hydrogen (secondary N) is 1. The third-order valence-corrected chi connectivity index (χ3v) is 4.95. The van der Waals surface area contributed by atoms with Crippen molar-refractivity contribution < 1.29 is 14.3 Å². The Morgan fingerprint density at radius 1 is 1.10 bits per heavy atom. The molecular weight excluding hydrogens is 382 g/mol. The first kappa shape index (κ1) is 19.5. The quantitative estimate of drug-likeness (QED) is 0.533. The van der Waals surface area contributed by atoms with Crippen molar-refractivity contribution in [3.63, 3.8) is 0 Å². The monoisotopic (exact) mass is 405 g/mol. The van der Waals surface area contributed by atoms with Gasteiger partial charge in [-0.05, 0) is 42.3 Å². The van der Waals surface area contributed by atoms with Crippen LogP contribution in [0.3, 0.4) is 0 Å². The van der Waals surface area contributed by atoms with Crippen LogP contribution in [0.15, 0.2) is 55.1 Å². The summed E-state index contributed by atoms with van der Waals surface area (Å²) < 4.78 is 14.5. The van der Waals surface area contributed by atoms with Crippen molar-refractivity contribution in [1.82, 2.24) is 24.3 Å². The lowest BCUT2D eigenvalue weighted by molar-refractivity contribution is 0.0936. The van der Waals surface area contributed by atoms with E-state index in [0.29, 0.717) is 23.0 Å². The summed E-state index contributed by atoms with van der Waals surface area (Å²) in [7, 11) is 5.06. The van der Waals surface area contributed by atoms with Crippen LogP contribution in [-0.2, 0) is 7.05 Å². The molecule has 30 heavy (non-hydrogen) atoms. The summed E-state index contributed by atoms with van der Waals surface area (Å²) in [4.78, 5) is 22.0. The third-order valence-electron chi connectivity index (χ3n) is 4.95. The van der Waals surface area contributed by atoms with Gasteiger partial charge in [-0.2, -0.15) is 0 Å². The van der Waals surface area contributed by atoms with Gasteiger partial charge < -0.3 is 23.8 Å². The number of amides is 1. The number of carbonyl (C=O) groups is 1. The number of rotatable bonds is 6. The maximum Gasteiger partial charge on any atom is 0.272 e. The molecule has 1 aromatic carbocycles. The van der Waals surface area contributed by atoms with Gasteiger partial charge in [0.1, 0.15) is 34.7 Å². The highest BCUT2D eigenvalue weighted by molar-refractivity contribution is 5.93. The van der Waals surface area contributed by atoms with E-state index in [1.165, 1.54) is 0 Å². The first-order valence-corrected chi connectivity index (χ1v) is 9.45. The molecule has 1 amide bonds. The van der Waals surface area contributed by atoms with Crippen LogP contribution in [0.25, 0.3) is 5.65 Å². The molecule has 0 radical (unpaired) electrons. The van der Waals surface area contributed by atoms with E-state index in [4.69, 9.17) is 9.47 Å². The van der Waals surface area contributed by atoms with E-state index < -0.39 is 6.04 Å². The lowest BCUT2D eigenvalue weighted by atomic mass is 10.0. The Balaban J connectivity index is 1.73. The highest BCUT2D eigenvalue weighted by Crippen LogP contribution is 2.29. The van der Waals surface area contributed by atoms with E-state index in [1.807, 2.05) is 59.6 Å². The minimum atomic E-state index is -0.520. The number of fused-ring (bicyclic) bond motifs is 1. The predicted octanol–water partition coefficient (Wildman–Crippen LogP) is 2.91. The molecule has 0 fully saturated rings. The lowest BCUT2D eigenvalue weighted by Crippen LogP contribution is -2.31. The molecule has 4 aromatic rings. The molecule has 0 spiro atoms. The second-order valence-electron chi connectivity index (χ2n) is 7.04. The van der Waals surface area contributed by atoms with Gasteiger partial charge in [-0.1, -0.05) is 0 Å². The van der Waals surface area contributed by atoms with E-state index in [9.17, 15) is 4.79 Å². The minimum absolute atomic E-state index is 0.300. The second kappa shape index (κ2) is 7.90. The Bertz CT molecular complexity index is 1190. The molecule has 8 nitrogen and oxygen atoms in total. The summed E-state index contributed by atoms with van der Waals surface area (Å²) in [6.07, 6.45) is 7.13. The van der Waals surface area contributed by atoms with E-state index in [0.717, 1.165) is 16.8 Å².